The first kappa shape index (κ1) is 7.81. The van der Waals surface area contributed by atoms with Gasteiger partial charge >= 0.3 is 0 Å². The summed E-state index contributed by atoms with van der Waals surface area (Å²) in [6.45, 7) is 2.01. The van der Waals surface area contributed by atoms with E-state index >= 15 is 0 Å². The van der Waals surface area contributed by atoms with Gasteiger partial charge in [0.2, 0.25) is 0 Å². The van der Waals surface area contributed by atoms with Gasteiger partial charge in [-0.05, 0) is 24.5 Å². The maximum atomic E-state index is 11.4. The summed E-state index contributed by atoms with van der Waals surface area (Å²) in [7, 11) is 0. The number of hydrogen-bond donors (Lipinski definition) is 0. The molecule has 0 bridgehead atoms. The van der Waals surface area contributed by atoms with Crippen LogP contribution in [0.4, 0.5) is 0 Å². The quantitative estimate of drug-likeness (QED) is 0.561. The lowest BCUT2D eigenvalue weighted by atomic mass is 10.1. The van der Waals surface area contributed by atoms with Gasteiger partial charge in [0.15, 0.2) is 5.78 Å². The summed E-state index contributed by atoms with van der Waals surface area (Å²) in [5, 5.41) is -0.332. The number of rotatable bonds is 0. The lowest BCUT2D eigenvalue weighted by molar-refractivity contribution is 0.0998. The monoisotopic (exact) mass is 180 g/mol. The number of carbonyl (C=O) groups is 1. The molecule has 1 aromatic rings. The zero-order chi connectivity index (χ0) is 8.72. The molecule has 0 saturated carbocycles. The lowest BCUT2D eigenvalue weighted by Crippen LogP contribution is -2.06. The van der Waals surface area contributed by atoms with E-state index in [-0.39, 0.29) is 11.2 Å². The van der Waals surface area contributed by atoms with Crippen molar-refractivity contribution in [3.8, 4) is 0 Å². The maximum absolute atomic E-state index is 11.4. The molecule has 0 N–H and O–H groups in total. The summed E-state index contributed by atoms with van der Waals surface area (Å²) in [4.78, 5) is 11.4. The van der Waals surface area contributed by atoms with Crippen LogP contribution in [0.25, 0.3) is 0 Å². The minimum absolute atomic E-state index is 0.0790. The van der Waals surface area contributed by atoms with Crippen LogP contribution in [0.1, 0.15) is 21.5 Å². The van der Waals surface area contributed by atoms with Crippen molar-refractivity contribution in [1.29, 1.82) is 0 Å². The molecule has 0 radical (unpaired) electrons. The summed E-state index contributed by atoms with van der Waals surface area (Å²) in [5.74, 6) is 0.0790. The number of ketones is 1. The fourth-order valence-corrected chi connectivity index (χ4v) is 1.92. The molecule has 1 unspecified atom stereocenters. The highest BCUT2D eigenvalue weighted by Gasteiger charge is 2.29. The fraction of sp³-hybridized carbons (Fsp3) is 0.300. The van der Waals surface area contributed by atoms with Crippen LogP contribution >= 0.6 is 11.6 Å². The van der Waals surface area contributed by atoms with E-state index in [0.29, 0.717) is 6.42 Å². The van der Waals surface area contributed by atoms with E-state index in [1.165, 1.54) is 5.56 Å². The minimum atomic E-state index is -0.332. The average molecular weight is 181 g/mol. The Balaban J connectivity index is 2.61. The van der Waals surface area contributed by atoms with Gasteiger partial charge < -0.3 is 0 Å². The van der Waals surface area contributed by atoms with Crippen molar-refractivity contribution in [2.75, 3.05) is 0 Å². The standard InChI is InChI=1S/C10H9ClO/c1-6-3-2-4-7-8(6)5-9(11)10(7)12/h2-4,9H,5H2,1H3. The molecule has 0 fully saturated rings. The molecule has 1 aromatic carbocycles. The smallest absolute Gasteiger partial charge is 0.181 e. The Morgan fingerprint density at radius 2 is 2.25 bits per heavy atom. The zero-order valence-corrected chi connectivity index (χ0v) is 7.56. The number of Topliss-reactive ketones (excluding diaryl/α,β-unsaturated/α-hetero) is 1. The highest BCUT2D eigenvalue weighted by atomic mass is 35.5. The molecule has 1 nitrogen and oxygen atoms in total. The lowest BCUT2D eigenvalue weighted by Gasteiger charge is -1.99. The van der Waals surface area contributed by atoms with Crippen LogP contribution < -0.4 is 0 Å². The number of benzene rings is 1. The first-order valence-electron chi connectivity index (χ1n) is 3.97. The molecule has 1 aliphatic rings. The van der Waals surface area contributed by atoms with Crippen LogP contribution in [0.2, 0.25) is 0 Å². The van der Waals surface area contributed by atoms with Gasteiger partial charge in [-0.25, -0.2) is 0 Å². The molecule has 0 spiro atoms. The highest BCUT2D eigenvalue weighted by Crippen LogP contribution is 2.27. The Morgan fingerprint density at radius 3 is 2.92 bits per heavy atom. The third kappa shape index (κ3) is 0.969. The Morgan fingerprint density at radius 1 is 1.50 bits per heavy atom. The van der Waals surface area contributed by atoms with Crippen LogP contribution in [-0.4, -0.2) is 11.2 Å². The second-order valence-electron chi connectivity index (χ2n) is 3.14. The Hall–Kier alpha value is -0.820. The van der Waals surface area contributed by atoms with Crippen molar-refractivity contribution in [2.24, 2.45) is 0 Å². The van der Waals surface area contributed by atoms with Crippen molar-refractivity contribution in [2.45, 2.75) is 18.7 Å². The van der Waals surface area contributed by atoms with Crippen molar-refractivity contribution in [1.82, 2.24) is 0 Å². The molecule has 2 rings (SSSR count). The van der Waals surface area contributed by atoms with E-state index in [2.05, 4.69) is 0 Å². The molecule has 0 aromatic heterocycles. The molecule has 0 amide bonds. The molecular formula is C10H9ClO. The third-order valence-electron chi connectivity index (χ3n) is 2.34. The third-order valence-corrected chi connectivity index (χ3v) is 2.70. The highest BCUT2D eigenvalue weighted by molar-refractivity contribution is 6.35. The molecule has 2 heteroatoms. The summed E-state index contributed by atoms with van der Waals surface area (Å²) in [6.07, 6.45) is 0.697. The first-order chi connectivity index (χ1) is 5.70. The fourth-order valence-electron chi connectivity index (χ4n) is 1.64. The zero-order valence-electron chi connectivity index (χ0n) is 6.80. The van der Waals surface area contributed by atoms with Gasteiger partial charge in [-0.2, -0.15) is 0 Å². The maximum Gasteiger partial charge on any atom is 0.181 e. The number of alkyl halides is 1. The first-order valence-corrected chi connectivity index (χ1v) is 4.40. The van der Waals surface area contributed by atoms with Crippen LogP contribution in [0, 0.1) is 6.92 Å². The van der Waals surface area contributed by atoms with Gasteiger partial charge in [-0.1, -0.05) is 18.2 Å². The predicted octanol–water partition coefficient (Wildman–Crippen LogP) is 2.34. The van der Waals surface area contributed by atoms with E-state index in [9.17, 15) is 4.79 Å². The summed E-state index contributed by atoms with van der Waals surface area (Å²) in [6, 6.07) is 5.77. The van der Waals surface area contributed by atoms with E-state index in [1.54, 1.807) is 0 Å². The van der Waals surface area contributed by atoms with E-state index in [0.717, 1.165) is 11.1 Å². The second-order valence-corrected chi connectivity index (χ2v) is 3.66. The molecule has 1 atom stereocenters. The predicted molar refractivity (Wildman–Crippen MR) is 48.9 cm³/mol. The molecule has 12 heavy (non-hydrogen) atoms. The second kappa shape index (κ2) is 2.60. The van der Waals surface area contributed by atoms with Gasteiger partial charge in [-0.3, -0.25) is 4.79 Å². The van der Waals surface area contributed by atoms with Crippen molar-refractivity contribution in [3.63, 3.8) is 0 Å². The molecule has 0 aliphatic heterocycles. The van der Waals surface area contributed by atoms with Gasteiger partial charge in [-0.15, -0.1) is 11.6 Å². The number of halogens is 1. The Bertz CT molecular complexity index is 344. The molecule has 1 aliphatic carbocycles. The topological polar surface area (TPSA) is 17.1 Å². The molecular weight excluding hydrogens is 172 g/mol. The van der Waals surface area contributed by atoms with Crippen LogP contribution in [-0.2, 0) is 6.42 Å². The Kier molecular flexibility index (Phi) is 1.69. The summed E-state index contributed by atoms with van der Waals surface area (Å²) in [5.41, 5.74) is 3.11. The number of hydrogen-bond acceptors (Lipinski definition) is 1. The van der Waals surface area contributed by atoms with Crippen molar-refractivity contribution >= 4 is 17.4 Å². The number of fused-ring (bicyclic) bond motifs is 1. The molecule has 0 saturated heterocycles. The van der Waals surface area contributed by atoms with Crippen LogP contribution in [0.15, 0.2) is 18.2 Å². The summed E-state index contributed by atoms with van der Waals surface area (Å²) < 4.78 is 0. The van der Waals surface area contributed by atoms with E-state index < -0.39 is 0 Å². The van der Waals surface area contributed by atoms with Gasteiger partial charge in [0, 0.05) is 5.56 Å². The van der Waals surface area contributed by atoms with Gasteiger partial charge in [0.25, 0.3) is 0 Å². The normalized spacial score (nSPS) is 21.2. The van der Waals surface area contributed by atoms with Gasteiger partial charge in [0.05, 0.1) is 0 Å². The van der Waals surface area contributed by atoms with E-state index in [4.69, 9.17) is 11.6 Å². The Labute approximate surface area is 76.4 Å². The van der Waals surface area contributed by atoms with Crippen LogP contribution in [0.3, 0.4) is 0 Å². The SMILES string of the molecule is Cc1cccc2c1CC(Cl)C2=O. The van der Waals surface area contributed by atoms with Crippen molar-refractivity contribution < 1.29 is 4.79 Å². The van der Waals surface area contributed by atoms with Gasteiger partial charge in [0.1, 0.15) is 5.38 Å². The molecule has 62 valence electrons. The van der Waals surface area contributed by atoms with Crippen molar-refractivity contribution in [3.05, 3.63) is 34.9 Å². The average Bonchev–Trinajstić information content (AvgIpc) is 2.32. The number of aryl methyl sites for hydroxylation is 1. The largest absolute Gasteiger partial charge is 0.292 e. The minimum Gasteiger partial charge on any atom is -0.292 e. The number of carbonyl (C=O) groups excluding carboxylic acids is 1. The van der Waals surface area contributed by atoms with E-state index in [1.807, 2.05) is 25.1 Å². The van der Waals surface area contributed by atoms with Crippen LogP contribution in [0.5, 0.6) is 0 Å². The molecule has 0 heterocycles. The summed E-state index contributed by atoms with van der Waals surface area (Å²) >= 11 is 5.85.